The van der Waals surface area contributed by atoms with E-state index in [1.165, 1.54) is 55.8 Å². The molecule has 0 bridgehead atoms. The normalized spacial score (nSPS) is 11.2. The molecule has 3 aromatic carbocycles. The number of nitro groups is 2. The summed E-state index contributed by atoms with van der Waals surface area (Å²) in [5, 5.41) is 26.2. The van der Waals surface area contributed by atoms with Gasteiger partial charge in [0.05, 0.1) is 28.1 Å². The van der Waals surface area contributed by atoms with Gasteiger partial charge in [-0.15, -0.1) is 0 Å². The molecule has 0 radical (unpaired) electrons. The van der Waals surface area contributed by atoms with E-state index in [0.29, 0.717) is 11.3 Å². The Hall–Kier alpha value is -4.52. The van der Waals surface area contributed by atoms with Gasteiger partial charge in [0.25, 0.3) is 21.4 Å². The van der Waals surface area contributed by atoms with Crippen molar-refractivity contribution in [3.05, 3.63) is 92.5 Å². The fourth-order valence-corrected chi connectivity index (χ4v) is 3.77. The molecule has 170 valence electrons. The Morgan fingerprint density at radius 2 is 1.70 bits per heavy atom. The molecule has 0 fully saturated rings. The lowest BCUT2D eigenvalue weighted by molar-refractivity contribution is -0.384. The van der Waals surface area contributed by atoms with E-state index >= 15 is 0 Å². The maximum atomic E-state index is 12.7. The summed E-state index contributed by atoms with van der Waals surface area (Å²) in [5.74, 6) is 0.537. The van der Waals surface area contributed by atoms with Crippen molar-refractivity contribution >= 4 is 39.0 Å². The number of sulfonamides is 1. The maximum Gasteiger partial charge on any atom is 0.295 e. The van der Waals surface area contributed by atoms with Crippen LogP contribution in [0.1, 0.15) is 5.56 Å². The summed E-state index contributed by atoms with van der Waals surface area (Å²) in [6.07, 6.45) is 1.24. The fraction of sp³-hybridized carbons (Fsp3) is 0.0500. The number of methoxy groups -OCH3 is 1. The third-order valence-corrected chi connectivity index (χ3v) is 5.68. The summed E-state index contributed by atoms with van der Waals surface area (Å²) in [6, 6.07) is 15.0. The lowest BCUT2D eigenvalue weighted by Gasteiger charge is -2.10. The molecule has 12 nitrogen and oxygen atoms in total. The fourth-order valence-electron chi connectivity index (χ4n) is 2.69. The molecule has 0 atom stereocenters. The number of non-ortho nitro benzene ring substituents is 1. The first kappa shape index (κ1) is 23.1. The second-order valence-corrected chi connectivity index (χ2v) is 8.17. The third kappa shape index (κ3) is 5.80. The average Bonchev–Trinajstić information content (AvgIpc) is 2.79. The summed E-state index contributed by atoms with van der Waals surface area (Å²) >= 11 is 0. The molecule has 2 N–H and O–H groups in total. The van der Waals surface area contributed by atoms with Crippen LogP contribution in [0.25, 0.3) is 0 Å². The number of nitrogens with one attached hydrogen (secondary N) is 2. The van der Waals surface area contributed by atoms with Crippen LogP contribution < -0.4 is 14.9 Å². The molecule has 0 aliphatic heterocycles. The molecule has 33 heavy (non-hydrogen) atoms. The highest BCUT2D eigenvalue weighted by Gasteiger charge is 2.21. The van der Waals surface area contributed by atoms with E-state index in [4.69, 9.17) is 4.74 Å². The quantitative estimate of drug-likeness (QED) is 0.270. The highest BCUT2D eigenvalue weighted by atomic mass is 32.2. The van der Waals surface area contributed by atoms with Crippen LogP contribution in [0.5, 0.6) is 5.75 Å². The molecule has 0 aliphatic carbocycles. The number of nitrogens with zero attached hydrogens (tertiary/aromatic N) is 3. The van der Waals surface area contributed by atoms with Crippen molar-refractivity contribution in [2.45, 2.75) is 4.90 Å². The van der Waals surface area contributed by atoms with E-state index < -0.39 is 25.6 Å². The van der Waals surface area contributed by atoms with Gasteiger partial charge in [0.15, 0.2) is 0 Å². The molecule has 13 heteroatoms. The van der Waals surface area contributed by atoms with Crippen molar-refractivity contribution in [3.8, 4) is 5.75 Å². The topological polar surface area (TPSA) is 166 Å². The Bertz CT molecular complexity index is 1320. The predicted octanol–water partition coefficient (Wildman–Crippen LogP) is 3.76. The van der Waals surface area contributed by atoms with Crippen LogP contribution in [-0.2, 0) is 10.0 Å². The number of hydrogen-bond acceptors (Lipinski definition) is 9. The van der Waals surface area contributed by atoms with E-state index in [-0.39, 0.29) is 22.0 Å². The minimum Gasteiger partial charge on any atom is -0.497 e. The average molecular weight is 471 g/mol. The highest BCUT2D eigenvalue weighted by Crippen LogP contribution is 2.29. The van der Waals surface area contributed by atoms with Crippen molar-refractivity contribution in [2.75, 3.05) is 17.3 Å². The molecule has 3 aromatic rings. The SMILES string of the molecule is COc1ccc(NS(=O)(=O)c2ccc(N/N=C\c3cccc([N+](=O)[O-])c3)c([N+](=O)[O-])c2)cc1. The first-order chi connectivity index (χ1) is 15.7. The van der Waals surface area contributed by atoms with E-state index in [2.05, 4.69) is 15.2 Å². The molecular formula is C20H17N5O7S. The first-order valence-electron chi connectivity index (χ1n) is 9.18. The monoisotopic (exact) mass is 471 g/mol. The number of anilines is 2. The minimum absolute atomic E-state index is 0.0647. The highest BCUT2D eigenvalue weighted by molar-refractivity contribution is 7.92. The number of ether oxygens (including phenoxy) is 1. The van der Waals surface area contributed by atoms with Gasteiger partial charge >= 0.3 is 0 Å². The molecule has 0 unspecified atom stereocenters. The van der Waals surface area contributed by atoms with Crippen molar-refractivity contribution in [2.24, 2.45) is 5.10 Å². The number of hydrogen-bond donors (Lipinski definition) is 2. The maximum absolute atomic E-state index is 12.7. The van der Waals surface area contributed by atoms with Crippen LogP contribution in [0.2, 0.25) is 0 Å². The molecule has 3 rings (SSSR count). The lowest BCUT2D eigenvalue weighted by atomic mass is 10.2. The predicted molar refractivity (Wildman–Crippen MR) is 121 cm³/mol. The van der Waals surface area contributed by atoms with Gasteiger partial charge < -0.3 is 4.74 Å². The summed E-state index contributed by atoms with van der Waals surface area (Å²) in [4.78, 5) is 20.7. The molecule has 0 aromatic heterocycles. The van der Waals surface area contributed by atoms with Crippen LogP contribution in [0, 0.1) is 20.2 Å². The second-order valence-electron chi connectivity index (χ2n) is 6.49. The van der Waals surface area contributed by atoms with Gasteiger partial charge in [-0.2, -0.15) is 5.10 Å². The zero-order valence-corrected chi connectivity index (χ0v) is 17.9. The lowest BCUT2D eigenvalue weighted by Crippen LogP contribution is -2.13. The number of benzene rings is 3. The summed E-state index contributed by atoms with van der Waals surface area (Å²) in [5.41, 5.74) is 2.38. The molecule has 0 amide bonds. The van der Waals surface area contributed by atoms with Gasteiger partial charge in [-0.1, -0.05) is 12.1 Å². The summed E-state index contributed by atoms with van der Waals surface area (Å²) in [7, 11) is -2.63. The third-order valence-electron chi connectivity index (χ3n) is 4.30. The van der Waals surface area contributed by atoms with Crippen molar-refractivity contribution < 1.29 is 23.0 Å². The Labute approximate surface area is 187 Å². The van der Waals surface area contributed by atoms with Gasteiger partial charge in [-0.25, -0.2) is 8.42 Å². The second kappa shape index (κ2) is 9.74. The standard InChI is InChI=1S/C20H17N5O7S/c1-32-17-7-5-15(6-8-17)23-33(30,31)18-9-10-19(20(12-18)25(28)29)22-21-13-14-3-2-4-16(11-14)24(26)27/h2-13,22-23H,1H3/b21-13-. The molecular weight excluding hydrogens is 454 g/mol. The van der Waals surface area contributed by atoms with Crippen molar-refractivity contribution in [3.63, 3.8) is 0 Å². The van der Waals surface area contributed by atoms with Crippen LogP contribution in [0.15, 0.2) is 76.7 Å². The number of hydrazone groups is 1. The van der Waals surface area contributed by atoms with Gasteiger partial charge in [-0.3, -0.25) is 30.4 Å². The van der Waals surface area contributed by atoms with E-state index in [9.17, 15) is 28.6 Å². The summed E-state index contributed by atoms with van der Waals surface area (Å²) in [6.45, 7) is 0. The van der Waals surface area contributed by atoms with Crippen LogP contribution >= 0.6 is 0 Å². The molecule has 0 saturated heterocycles. The Balaban J connectivity index is 1.81. The zero-order valence-electron chi connectivity index (χ0n) is 17.0. The van der Waals surface area contributed by atoms with Crippen molar-refractivity contribution in [1.29, 1.82) is 0 Å². The first-order valence-corrected chi connectivity index (χ1v) is 10.7. The van der Waals surface area contributed by atoms with Gasteiger partial charge in [0, 0.05) is 29.4 Å². The Kier molecular flexibility index (Phi) is 6.83. The van der Waals surface area contributed by atoms with E-state index in [1.807, 2.05) is 0 Å². The number of rotatable bonds is 9. The van der Waals surface area contributed by atoms with Crippen molar-refractivity contribution in [1.82, 2.24) is 0 Å². The molecule has 0 heterocycles. The molecule has 0 saturated carbocycles. The minimum atomic E-state index is -4.11. The summed E-state index contributed by atoms with van der Waals surface area (Å²) < 4.78 is 32.7. The van der Waals surface area contributed by atoms with Crippen LogP contribution in [0.3, 0.4) is 0 Å². The van der Waals surface area contributed by atoms with Gasteiger partial charge in [0.2, 0.25) is 0 Å². The van der Waals surface area contributed by atoms with E-state index in [0.717, 1.165) is 6.07 Å². The van der Waals surface area contributed by atoms with Crippen LogP contribution in [0.4, 0.5) is 22.7 Å². The van der Waals surface area contributed by atoms with Gasteiger partial charge in [-0.05, 0) is 36.4 Å². The van der Waals surface area contributed by atoms with Crippen LogP contribution in [-0.4, -0.2) is 31.6 Å². The molecule has 0 aliphatic rings. The Morgan fingerprint density at radius 1 is 0.970 bits per heavy atom. The largest absolute Gasteiger partial charge is 0.497 e. The molecule has 0 spiro atoms. The Morgan fingerprint density at radius 3 is 2.33 bits per heavy atom. The smallest absolute Gasteiger partial charge is 0.295 e. The number of nitro benzene ring substituents is 2. The van der Waals surface area contributed by atoms with E-state index in [1.54, 1.807) is 18.2 Å². The van der Waals surface area contributed by atoms with Gasteiger partial charge in [0.1, 0.15) is 11.4 Å². The zero-order chi connectivity index (χ0) is 24.0.